The highest BCUT2D eigenvalue weighted by Crippen LogP contribution is 2.37. The molecule has 0 spiro atoms. The van der Waals surface area contributed by atoms with Crippen LogP contribution in [0.1, 0.15) is 18.9 Å². The lowest BCUT2D eigenvalue weighted by molar-refractivity contribution is -0.139. The van der Waals surface area contributed by atoms with Crippen LogP contribution in [0.25, 0.3) is 22.0 Å². The van der Waals surface area contributed by atoms with Crippen LogP contribution in [0, 0.1) is 17.7 Å². The molecular formula is C22H21FN2O3. The molecule has 2 N–H and O–H groups in total. The minimum Gasteiger partial charge on any atom is -0.426 e. The number of carbonyl (C=O) groups excluding carboxylic acids is 2. The topological polar surface area (TPSA) is 74.3 Å². The SMILES string of the molecule is CC1C(=O)Oc2cc(-c3cn(C)c4ccc(F)cc34)ccc2CC1CC(N)=O. The Morgan fingerprint density at radius 1 is 1.29 bits per heavy atom. The van der Waals surface area contributed by atoms with Crippen molar-refractivity contribution in [1.29, 1.82) is 0 Å². The quantitative estimate of drug-likeness (QED) is 0.558. The van der Waals surface area contributed by atoms with Gasteiger partial charge in [-0.25, -0.2) is 4.39 Å². The molecule has 3 aromatic rings. The number of amides is 1. The molecule has 28 heavy (non-hydrogen) atoms. The van der Waals surface area contributed by atoms with E-state index in [1.165, 1.54) is 12.1 Å². The number of carbonyl (C=O) groups is 2. The minimum absolute atomic E-state index is 0.139. The maximum Gasteiger partial charge on any atom is 0.314 e. The molecule has 1 aliphatic heterocycles. The monoisotopic (exact) mass is 380 g/mol. The molecule has 2 unspecified atom stereocenters. The summed E-state index contributed by atoms with van der Waals surface area (Å²) in [6.07, 6.45) is 2.61. The Hall–Kier alpha value is -3.15. The van der Waals surface area contributed by atoms with Crippen LogP contribution in [0.4, 0.5) is 4.39 Å². The van der Waals surface area contributed by atoms with Crippen molar-refractivity contribution in [3.63, 3.8) is 0 Å². The van der Waals surface area contributed by atoms with E-state index in [1.807, 2.05) is 36.0 Å². The Kier molecular flexibility index (Phi) is 4.41. The smallest absolute Gasteiger partial charge is 0.314 e. The highest BCUT2D eigenvalue weighted by atomic mass is 19.1. The van der Waals surface area contributed by atoms with Gasteiger partial charge in [0.15, 0.2) is 0 Å². The van der Waals surface area contributed by atoms with E-state index in [0.717, 1.165) is 27.6 Å². The van der Waals surface area contributed by atoms with Gasteiger partial charge in [-0.1, -0.05) is 19.1 Å². The van der Waals surface area contributed by atoms with Gasteiger partial charge in [0.25, 0.3) is 0 Å². The van der Waals surface area contributed by atoms with Crippen LogP contribution in [0.2, 0.25) is 0 Å². The number of aryl methyl sites for hydroxylation is 1. The summed E-state index contributed by atoms with van der Waals surface area (Å²) in [5.41, 5.74) is 8.82. The summed E-state index contributed by atoms with van der Waals surface area (Å²) in [5, 5.41) is 0.794. The molecule has 2 heterocycles. The van der Waals surface area contributed by atoms with Crippen molar-refractivity contribution in [1.82, 2.24) is 4.57 Å². The molecule has 0 aliphatic carbocycles. The number of ether oxygens (including phenoxy) is 1. The molecule has 1 aromatic heterocycles. The molecule has 2 aromatic carbocycles. The number of nitrogens with two attached hydrogens (primary N) is 1. The molecule has 0 saturated heterocycles. The molecule has 2 atom stereocenters. The van der Waals surface area contributed by atoms with Gasteiger partial charge in [0.2, 0.25) is 5.91 Å². The van der Waals surface area contributed by atoms with Crippen molar-refractivity contribution in [3.05, 3.63) is 54.0 Å². The summed E-state index contributed by atoms with van der Waals surface area (Å²) in [4.78, 5) is 23.8. The largest absolute Gasteiger partial charge is 0.426 e. The van der Waals surface area contributed by atoms with Crippen molar-refractivity contribution >= 4 is 22.8 Å². The molecule has 1 amide bonds. The van der Waals surface area contributed by atoms with Crippen LogP contribution in [0.5, 0.6) is 5.75 Å². The summed E-state index contributed by atoms with van der Waals surface area (Å²) in [7, 11) is 1.91. The zero-order chi connectivity index (χ0) is 20.0. The Morgan fingerprint density at radius 3 is 2.82 bits per heavy atom. The minimum atomic E-state index is -0.428. The second kappa shape index (κ2) is 6.78. The first kappa shape index (κ1) is 18.2. The first-order valence-corrected chi connectivity index (χ1v) is 9.21. The molecule has 0 bridgehead atoms. The highest BCUT2D eigenvalue weighted by Gasteiger charge is 2.32. The average Bonchev–Trinajstić information content (AvgIpc) is 2.91. The average molecular weight is 380 g/mol. The molecule has 1 aliphatic rings. The number of fused-ring (bicyclic) bond motifs is 2. The van der Waals surface area contributed by atoms with E-state index in [-0.39, 0.29) is 24.1 Å². The van der Waals surface area contributed by atoms with Crippen LogP contribution in [-0.2, 0) is 23.1 Å². The molecular weight excluding hydrogens is 359 g/mol. The predicted molar refractivity (Wildman–Crippen MR) is 104 cm³/mol. The van der Waals surface area contributed by atoms with Gasteiger partial charge >= 0.3 is 5.97 Å². The first-order valence-electron chi connectivity index (χ1n) is 9.21. The number of rotatable bonds is 3. The predicted octanol–water partition coefficient (Wildman–Crippen LogP) is 3.57. The summed E-state index contributed by atoms with van der Waals surface area (Å²) < 4.78 is 21.3. The van der Waals surface area contributed by atoms with Gasteiger partial charge in [-0.15, -0.1) is 0 Å². The van der Waals surface area contributed by atoms with Gasteiger partial charge < -0.3 is 15.0 Å². The van der Waals surface area contributed by atoms with E-state index in [9.17, 15) is 14.0 Å². The number of primary amides is 1. The normalized spacial score (nSPS) is 19.2. The zero-order valence-electron chi connectivity index (χ0n) is 15.7. The first-order chi connectivity index (χ1) is 13.3. The number of benzene rings is 2. The number of halogens is 1. The molecule has 144 valence electrons. The maximum absolute atomic E-state index is 13.8. The third-order valence-corrected chi connectivity index (χ3v) is 5.56. The standard InChI is InChI=1S/C22H21FN2O3/c1-12-15(9-21(24)26)7-14-4-3-13(8-20(14)28-22(12)27)18-11-25(2)19-6-5-16(23)10-17(18)19/h3-6,8,10-12,15H,7,9H2,1-2H3,(H2,24,26). The molecule has 0 saturated carbocycles. The molecule has 4 rings (SSSR count). The summed E-state index contributed by atoms with van der Waals surface area (Å²) >= 11 is 0. The fourth-order valence-electron chi connectivity index (χ4n) is 3.94. The molecule has 5 nitrogen and oxygen atoms in total. The van der Waals surface area contributed by atoms with Gasteiger partial charge in [-0.2, -0.15) is 0 Å². The third kappa shape index (κ3) is 3.15. The Morgan fingerprint density at radius 2 is 2.07 bits per heavy atom. The van der Waals surface area contributed by atoms with Gasteiger partial charge in [0.05, 0.1) is 5.92 Å². The number of aromatic nitrogens is 1. The second-order valence-corrected chi connectivity index (χ2v) is 7.48. The van der Waals surface area contributed by atoms with Crippen molar-refractivity contribution in [2.24, 2.45) is 24.6 Å². The van der Waals surface area contributed by atoms with E-state index >= 15 is 0 Å². The van der Waals surface area contributed by atoms with Crippen molar-refractivity contribution < 1.29 is 18.7 Å². The van der Waals surface area contributed by atoms with E-state index in [4.69, 9.17) is 10.5 Å². The van der Waals surface area contributed by atoms with Crippen molar-refractivity contribution in [2.45, 2.75) is 19.8 Å². The lowest BCUT2D eigenvalue weighted by Crippen LogP contribution is -2.28. The summed E-state index contributed by atoms with van der Waals surface area (Å²) in [6.45, 7) is 1.76. The zero-order valence-corrected chi connectivity index (χ0v) is 15.7. The van der Waals surface area contributed by atoms with E-state index in [1.54, 1.807) is 13.0 Å². The highest BCUT2D eigenvalue weighted by molar-refractivity contribution is 5.96. The van der Waals surface area contributed by atoms with E-state index in [0.29, 0.717) is 12.2 Å². The van der Waals surface area contributed by atoms with Gasteiger partial charge in [0.1, 0.15) is 11.6 Å². The Bertz CT molecular complexity index is 1100. The maximum atomic E-state index is 13.8. The second-order valence-electron chi connectivity index (χ2n) is 7.48. The Labute approximate surface area is 161 Å². The van der Waals surface area contributed by atoms with Crippen LogP contribution in [0.15, 0.2) is 42.6 Å². The van der Waals surface area contributed by atoms with Gasteiger partial charge in [0, 0.05) is 36.1 Å². The number of hydrogen-bond acceptors (Lipinski definition) is 3. The molecule has 0 radical (unpaired) electrons. The van der Waals surface area contributed by atoms with Gasteiger partial charge in [-0.05, 0) is 47.7 Å². The van der Waals surface area contributed by atoms with Crippen LogP contribution in [0.3, 0.4) is 0 Å². The molecule has 0 fully saturated rings. The van der Waals surface area contributed by atoms with Gasteiger partial charge in [-0.3, -0.25) is 9.59 Å². The Balaban J connectivity index is 1.78. The summed E-state index contributed by atoms with van der Waals surface area (Å²) in [6, 6.07) is 10.3. The van der Waals surface area contributed by atoms with Crippen LogP contribution >= 0.6 is 0 Å². The van der Waals surface area contributed by atoms with E-state index < -0.39 is 11.8 Å². The fraction of sp³-hybridized carbons (Fsp3) is 0.273. The number of nitrogens with zero attached hydrogens (tertiary/aromatic N) is 1. The fourth-order valence-corrected chi connectivity index (χ4v) is 3.94. The summed E-state index contributed by atoms with van der Waals surface area (Å²) in [5.74, 6) is -1.23. The lowest BCUT2D eigenvalue weighted by Gasteiger charge is -2.16. The van der Waals surface area contributed by atoms with Crippen LogP contribution in [-0.4, -0.2) is 16.4 Å². The van der Waals surface area contributed by atoms with Crippen molar-refractivity contribution in [2.75, 3.05) is 0 Å². The molecule has 6 heteroatoms. The van der Waals surface area contributed by atoms with Crippen molar-refractivity contribution in [3.8, 4) is 16.9 Å². The van der Waals surface area contributed by atoms with Crippen LogP contribution < -0.4 is 10.5 Å². The number of esters is 1. The lowest BCUT2D eigenvalue weighted by atomic mass is 9.85. The number of hydrogen-bond donors (Lipinski definition) is 1. The van der Waals surface area contributed by atoms with E-state index in [2.05, 4.69) is 0 Å². The third-order valence-electron chi connectivity index (χ3n) is 5.56.